The van der Waals surface area contributed by atoms with E-state index in [2.05, 4.69) is 58.5 Å². The number of nitrogens with one attached hydrogen (secondary N) is 1. The number of thioether (sulfide) groups is 1. The number of hydrogen-bond acceptors (Lipinski definition) is 3. The Labute approximate surface area is 139 Å². The van der Waals surface area contributed by atoms with Crippen LogP contribution in [0.3, 0.4) is 0 Å². The van der Waals surface area contributed by atoms with E-state index >= 15 is 0 Å². The van der Waals surface area contributed by atoms with Crippen LogP contribution in [0.4, 0.5) is 0 Å². The van der Waals surface area contributed by atoms with Gasteiger partial charge in [0.2, 0.25) is 0 Å². The third-order valence-electron chi connectivity index (χ3n) is 3.44. The average Bonchev–Trinajstić information content (AvgIpc) is 2.50. The summed E-state index contributed by atoms with van der Waals surface area (Å²) in [7, 11) is 3.71. The van der Waals surface area contributed by atoms with Gasteiger partial charge in [-0.2, -0.15) is 0 Å². The SMILES string of the molecule is CNC(CSc1ccccc1Br)c1ccc(OC)cc1C. The molecule has 1 unspecified atom stereocenters. The van der Waals surface area contributed by atoms with Gasteiger partial charge in [0, 0.05) is 21.2 Å². The zero-order valence-electron chi connectivity index (χ0n) is 12.5. The summed E-state index contributed by atoms with van der Waals surface area (Å²) in [6, 6.07) is 14.9. The Morgan fingerprint density at radius 3 is 2.62 bits per heavy atom. The van der Waals surface area contributed by atoms with Crippen LogP contribution in [0.5, 0.6) is 5.75 Å². The zero-order chi connectivity index (χ0) is 15.2. The van der Waals surface area contributed by atoms with Crippen LogP contribution in [0.25, 0.3) is 0 Å². The van der Waals surface area contributed by atoms with E-state index in [0.29, 0.717) is 6.04 Å². The molecule has 1 N–H and O–H groups in total. The van der Waals surface area contributed by atoms with Crippen molar-refractivity contribution in [1.82, 2.24) is 5.32 Å². The quantitative estimate of drug-likeness (QED) is 0.741. The summed E-state index contributed by atoms with van der Waals surface area (Å²) >= 11 is 5.45. The molecule has 0 radical (unpaired) electrons. The predicted octanol–water partition coefficient (Wildman–Crippen LogP) is 4.82. The van der Waals surface area contributed by atoms with Gasteiger partial charge in [0.05, 0.1) is 7.11 Å². The lowest BCUT2D eigenvalue weighted by Crippen LogP contribution is -2.19. The number of benzene rings is 2. The van der Waals surface area contributed by atoms with Gasteiger partial charge in [0.25, 0.3) is 0 Å². The molecular formula is C17H20BrNOS. The highest BCUT2D eigenvalue weighted by Crippen LogP contribution is 2.31. The molecule has 112 valence electrons. The molecule has 0 saturated heterocycles. The molecule has 0 bridgehead atoms. The van der Waals surface area contributed by atoms with Gasteiger partial charge in [0.1, 0.15) is 5.75 Å². The first-order chi connectivity index (χ1) is 10.2. The van der Waals surface area contributed by atoms with E-state index in [0.717, 1.165) is 16.0 Å². The Hall–Kier alpha value is -0.970. The van der Waals surface area contributed by atoms with Crippen LogP contribution in [0.15, 0.2) is 51.8 Å². The minimum Gasteiger partial charge on any atom is -0.497 e. The second kappa shape index (κ2) is 7.87. The smallest absolute Gasteiger partial charge is 0.119 e. The molecule has 0 amide bonds. The molecule has 2 aromatic rings. The molecule has 0 aliphatic rings. The fraction of sp³-hybridized carbons (Fsp3) is 0.294. The second-order valence-electron chi connectivity index (χ2n) is 4.81. The van der Waals surface area contributed by atoms with Crippen molar-refractivity contribution in [2.75, 3.05) is 19.9 Å². The van der Waals surface area contributed by atoms with Gasteiger partial charge in [-0.15, -0.1) is 11.8 Å². The Morgan fingerprint density at radius 2 is 2.00 bits per heavy atom. The van der Waals surface area contributed by atoms with E-state index in [4.69, 9.17) is 4.74 Å². The first-order valence-corrected chi connectivity index (χ1v) is 8.62. The van der Waals surface area contributed by atoms with E-state index in [1.165, 1.54) is 16.0 Å². The molecule has 0 aliphatic carbocycles. The molecule has 1 atom stereocenters. The summed E-state index contributed by atoms with van der Waals surface area (Å²) in [5.41, 5.74) is 2.57. The van der Waals surface area contributed by atoms with Gasteiger partial charge in [-0.05, 0) is 65.3 Å². The lowest BCUT2D eigenvalue weighted by atomic mass is 10.0. The summed E-state index contributed by atoms with van der Waals surface area (Å²) in [4.78, 5) is 1.27. The fourth-order valence-electron chi connectivity index (χ4n) is 2.23. The predicted molar refractivity (Wildman–Crippen MR) is 94.4 cm³/mol. The average molecular weight is 366 g/mol. The summed E-state index contributed by atoms with van der Waals surface area (Å²) in [5, 5.41) is 3.41. The van der Waals surface area contributed by atoms with Gasteiger partial charge in [-0.3, -0.25) is 0 Å². The van der Waals surface area contributed by atoms with E-state index in [1.807, 2.05) is 30.9 Å². The van der Waals surface area contributed by atoms with E-state index in [1.54, 1.807) is 7.11 Å². The molecule has 2 nitrogen and oxygen atoms in total. The number of halogens is 1. The highest BCUT2D eigenvalue weighted by atomic mass is 79.9. The Morgan fingerprint density at radius 1 is 1.24 bits per heavy atom. The van der Waals surface area contributed by atoms with Crippen molar-refractivity contribution in [2.24, 2.45) is 0 Å². The van der Waals surface area contributed by atoms with Crippen molar-refractivity contribution in [2.45, 2.75) is 17.9 Å². The highest BCUT2D eigenvalue weighted by Gasteiger charge is 2.13. The summed E-state index contributed by atoms with van der Waals surface area (Å²) in [6.45, 7) is 2.13. The Kier molecular flexibility index (Phi) is 6.15. The summed E-state index contributed by atoms with van der Waals surface area (Å²) in [6.07, 6.45) is 0. The number of rotatable bonds is 6. The van der Waals surface area contributed by atoms with Gasteiger partial charge in [-0.25, -0.2) is 0 Å². The van der Waals surface area contributed by atoms with E-state index in [9.17, 15) is 0 Å². The topological polar surface area (TPSA) is 21.3 Å². The van der Waals surface area contributed by atoms with Gasteiger partial charge in [-0.1, -0.05) is 18.2 Å². The van der Waals surface area contributed by atoms with Crippen LogP contribution in [-0.4, -0.2) is 19.9 Å². The van der Waals surface area contributed by atoms with Crippen LogP contribution < -0.4 is 10.1 Å². The Bertz CT molecular complexity index is 603. The van der Waals surface area contributed by atoms with Crippen molar-refractivity contribution in [3.8, 4) is 5.75 Å². The van der Waals surface area contributed by atoms with Crippen LogP contribution in [-0.2, 0) is 0 Å². The first-order valence-electron chi connectivity index (χ1n) is 6.85. The van der Waals surface area contributed by atoms with Crippen LogP contribution in [0.2, 0.25) is 0 Å². The van der Waals surface area contributed by atoms with Crippen molar-refractivity contribution in [3.63, 3.8) is 0 Å². The third kappa shape index (κ3) is 4.25. The molecule has 0 aromatic heterocycles. The van der Waals surface area contributed by atoms with E-state index < -0.39 is 0 Å². The van der Waals surface area contributed by atoms with Crippen LogP contribution >= 0.6 is 27.7 Å². The maximum atomic E-state index is 5.28. The highest BCUT2D eigenvalue weighted by molar-refractivity contribution is 9.10. The third-order valence-corrected chi connectivity index (χ3v) is 5.56. The lowest BCUT2D eigenvalue weighted by Gasteiger charge is -2.19. The fourth-order valence-corrected chi connectivity index (χ4v) is 3.93. The summed E-state index contributed by atoms with van der Waals surface area (Å²) < 4.78 is 6.43. The molecule has 0 heterocycles. The van der Waals surface area contributed by atoms with E-state index in [-0.39, 0.29) is 0 Å². The molecule has 21 heavy (non-hydrogen) atoms. The molecule has 0 spiro atoms. The second-order valence-corrected chi connectivity index (χ2v) is 6.72. The normalized spacial score (nSPS) is 12.2. The molecule has 0 aliphatic heterocycles. The summed E-state index contributed by atoms with van der Waals surface area (Å²) in [5.74, 6) is 1.89. The molecule has 4 heteroatoms. The maximum Gasteiger partial charge on any atom is 0.119 e. The molecule has 0 saturated carbocycles. The molecular weight excluding hydrogens is 346 g/mol. The van der Waals surface area contributed by atoms with Crippen molar-refractivity contribution >= 4 is 27.7 Å². The minimum atomic E-state index is 0.313. The van der Waals surface area contributed by atoms with Crippen molar-refractivity contribution in [1.29, 1.82) is 0 Å². The van der Waals surface area contributed by atoms with Gasteiger partial charge >= 0.3 is 0 Å². The van der Waals surface area contributed by atoms with Crippen LogP contribution in [0.1, 0.15) is 17.2 Å². The zero-order valence-corrected chi connectivity index (χ0v) is 14.9. The number of hydrogen-bond donors (Lipinski definition) is 1. The monoisotopic (exact) mass is 365 g/mol. The number of methoxy groups -OCH3 is 1. The van der Waals surface area contributed by atoms with Crippen LogP contribution in [0, 0.1) is 6.92 Å². The first kappa shape index (κ1) is 16.4. The number of ether oxygens (including phenoxy) is 1. The van der Waals surface area contributed by atoms with Crippen molar-refractivity contribution < 1.29 is 4.74 Å². The van der Waals surface area contributed by atoms with Gasteiger partial charge < -0.3 is 10.1 Å². The molecule has 2 aromatic carbocycles. The maximum absolute atomic E-state index is 5.28. The number of aryl methyl sites for hydroxylation is 1. The largest absolute Gasteiger partial charge is 0.497 e. The van der Waals surface area contributed by atoms with Gasteiger partial charge in [0.15, 0.2) is 0 Å². The minimum absolute atomic E-state index is 0.313. The Balaban J connectivity index is 2.11. The molecule has 0 fully saturated rings. The lowest BCUT2D eigenvalue weighted by molar-refractivity contribution is 0.414. The standard InChI is InChI=1S/C17H20BrNOS/c1-12-10-13(20-3)8-9-14(12)16(19-2)11-21-17-7-5-4-6-15(17)18/h4-10,16,19H,11H2,1-3H3. The molecule has 2 rings (SSSR count). The van der Waals surface area contributed by atoms with Crippen molar-refractivity contribution in [3.05, 3.63) is 58.1 Å².